The maximum atomic E-state index is 11.9. The predicted molar refractivity (Wildman–Crippen MR) is 55.6 cm³/mol. The lowest BCUT2D eigenvalue weighted by molar-refractivity contribution is -0.115. The molecule has 0 aliphatic carbocycles. The van der Waals surface area contributed by atoms with Crippen LogP contribution in [0.1, 0.15) is 0 Å². The molecule has 0 aliphatic rings. The largest absolute Gasteiger partial charge is 0.435 e. The summed E-state index contributed by atoms with van der Waals surface area (Å²) in [6, 6.07) is 5.83. The quantitative estimate of drug-likeness (QED) is 0.804. The highest BCUT2D eigenvalue weighted by molar-refractivity contribution is 5.92. The fourth-order valence-corrected chi connectivity index (χ4v) is 1.12. The van der Waals surface area contributed by atoms with Crippen molar-refractivity contribution in [2.24, 2.45) is 0 Å². The molecule has 16 heavy (non-hydrogen) atoms. The van der Waals surface area contributed by atoms with Gasteiger partial charge in [0, 0.05) is 11.8 Å². The van der Waals surface area contributed by atoms with E-state index in [1.165, 1.54) is 18.2 Å². The Kier molecular flexibility index (Phi) is 4.65. The summed E-state index contributed by atoms with van der Waals surface area (Å²) in [7, 11) is 1.63. The highest BCUT2D eigenvalue weighted by atomic mass is 19.3. The van der Waals surface area contributed by atoms with Crippen LogP contribution >= 0.6 is 0 Å². The molecule has 0 radical (unpaired) electrons. The molecule has 4 nitrogen and oxygen atoms in total. The first-order valence-corrected chi connectivity index (χ1v) is 4.61. The minimum atomic E-state index is -2.87. The number of carbonyl (C=O) groups is 1. The second-order valence-electron chi connectivity index (χ2n) is 2.98. The van der Waals surface area contributed by atoms with Gasteiger partial charge in [0.05, 0.1) is 6.54 Å². The van der Waals surface area contributed by atoms with Crippen LogP contribution in [-0.2, 0) is 4.79 Å². The molecule has 0 heterocycles. The highest BCUT2D eigenvalue weighted by Gasteiger charge is 2.05. The molecule has 1 rings (SSSR count). The van der Waals surface area contributed by atoms with E-state index >= 15 is 0 Å². The van der Waals surface area contributed by atoms with Crippen LogP contribution < -0.4 is 15.4 Å². The monoisotopic (exact) mass is 230 g/mol. The average Bonchev–Trinajstić information content (AvgIpc) is 2.17. The molecule has 0 aliphatic heterocycles. The summed E-state index contributed by atoms with van der Waals surface area (Å²) in [5.74, 6) is -0.242. The van der Waals surface area contributed by atoms with E-state index in [0.717, 1.165) is 0 Å². The van der Waals surface area contributed by atoms with Gasteiger partial charge in [-0.25, -0.2) is 0 Å². The van der Waals surface area contributed by atoms with Crippen molar-refractivity contribution in [2.75, 3.05) is 18.9 Å². The summed E-state index contributed by atoms with van der Waals surface area (Å²) in [4.78, 5) is 11.2. The molecule has 88 valence electrons. The number of alkyl halides is 2. The molecule has 0 spiro atoms. The number of ether oxygens (including phenoxy) is 1. The molecule has 0 unspecified atom stereocenters. The van der Waals surface area contributed by atoms with Gasteiger partial charge in [0.1, 0.15) is 5.75 Å². The summed E-state index contributed by atoms with van der Waals surface area (Å²) < 4.78 is 28.0. The second kappa shape index (κ2) is 6.02. The fraction of sp³-hybridized carbons (Fsp3) is 0.300. The molecule has 0 saturated carbocycles. The van der Waals surface area contributed by atoms with Crippen LogP contribution in [0.25, 0.3) is 0 Å². The zero-order chi connectivity index (χ0) is 12.0. The predicted octanol–water partition coefficient (Wildman–Crippen LogP) is 1.45. The van der Waals surface area contributed by atoms with Gasteiger partial charge in [0.25, 0.3) is 0 Å². The number of carbonyl (C=O) groups excluding carboxylic acids is 1. The number of nitrogens with one attached hydrogen (secondary N) is 2. The first kappa shape index (κ1) is 12.4. The number of anilines is 1. The third-order valence-corrected chi connectivity index (χ3v) is 1.68. The molecule has 0 atom stereocenters. The van der Waals surface area contributed by atoms with Crippen LogP contribution in [0.4, 0.5) is 14.5 Å². The van der Waals surface area contributed by atoms with E-state index in [-0.39, 0.29) is 18.2 Å². The van der Waals surface area contributed by atoms with E-state index in [9.17, 15) is 13.6 Å². The maximum absolute atomic E-state index is 11.9. The smallest absolute Gasteiger partial charge is 0.387 e. The van der Waals surface area contributed by atoms with Crippen molar-refractivity contribution in [3.8, 4) is 5.75 Å². The summed E-state index contributed by atoms with van der Waals surface area (Å²) in [6.45, 7) is -2.72. The molecule has 6 heteroatoms. The van der Waals surface area contributed by atoms with E-state index in [1.54, 1.807) is 13.1 Å². The number of likely N-dealkylation sites (N-methyl/N-ethyl adjacent to an activating group) is 1. The minimum absolute atomic E-state index is 0.0113. The first-order chi connectivity index (χ1) is 7.61. The normalized spacial score (nSPS) is 10.2. The van der Waals surface area contributed by atoms with Gasteiger partial charge < -0.3 is 15.4 Å². The Morgan fingerprint density at radius 1 is 1.50 bits per heavy atom. The molecule has 0 saturated heterocycles. The van der Waals surface area contributed by atoms with Gasteiger partial charge in [0.15, 0.2) is 0 Å². The summed E-state index contributed by atoms with van der Waals surface area (Å²) in [6.07, 6.45) is 0. The van der Waals surface area contributed by atoms with Crippen LogP contribution in [0.2, 0.25) is 0 Å². The Balaban J connectivity index is 2.63. The number of rotatable bonds is 5. The third-order valence-electron chi connectivity index (χ3n) is 1.68. The molecule has 0 bridgehead atoms. The summed E-state index contributed by atoms with van der Waals surface area (Å²) >= 11 is 0. The number of hydrogen-bond donors (Lipinski definition) is 2. The maximum Gasteiger partial charge on any atom is 0.387 e. The molecule has 0 aromatic heterocycles. The van der Waals surface area contributed by atoms with Crippen molar-refractivity contribution in [1.82, 2.24) is 5.32 Å². The van der Waals surface area contributed by atoms with Crippen LogP contribution in [0.3, 0.4) is 0 Å². The van der Waals surface area contributed by atoms with Crippen molar-refractivity contribution in [3.05, 3.63) is 24.3 Å². The Hall–Kier alpha value is -1.69. The Labute approximate surface area is 91.6 Å². The number of benzene rings is 1. The van der Waals surface area contributed by atoms with Crippen molar-refractivity contribution < 1.29 is 18.3 Å². The molecule has 0 fully saturated rings. The lowest BCUT2D eigenvalue weighted by Crippen LogP contribution is -2.25. The Morgan fingerprint density at radius 3 is 2.88 bits per heavy atom. The average molecular weight is 230 g/mol. The minimum Gasteiger partial charge on any atom is -0.435 e. The topological polar surface area (TPSA) is 50.4 Å². The van der Waals surface area contributed by atoms with Crippen molar-refractivity contribution in [1.29, 1.82) is 0 Å². The standard InChI is InChI=1S/C10H12F2N2O2/c1-13-6-9(15)14-7-3-2-4-8(5-7)16-10(11)12/h2-5,10,13H,6H2,1H3,(H,14,15). The fourth-order valence-electron chi connectivity index (χ4n) is 1.12. The Bertz CT molecular complexity index is 358. The Morgan fingerprint density at radius 2 is 2.25 bits per heavy atom. The van der Waals surface area contributed by atoms with E-state index in [4.69, 9.17) is 0 Å². The number of amides is 1. The molecule has 2 N–H and O–H groups in total. The molecular formula is C10H12F2N2O2. The van der Waals surface area contributed by atoms with E-state index < -0.39 is 6.61 Å². The van der Waals surface area contributed by atoms with Crippen LogP contribution in [-0.4, -0.2) is 26.1 Å². The van der Waals surface area contributed by atoms with Gasteiger partial charge >= 0.3 is 6.61 Å². The lowest BCUT2D eigenvalue weighted by Gasteiger charge is -2.08. The zero-order valence-corrected chi connectivity index (χ0v) is 8.67. The summed E-state index contributed by atoms with van der Waals surface area (Å²) in [5.41, 5.74) is 0.415. The van der Waals surface area contributed by atoms with E-state index in [0.29, 0.717) is 5.69 Å². The van der Waals surface area contributed by atoms with Crippen molar-refractivity contribution in [2.45, 2.75) is 6.61 Å². The van der Waals surface area contributed by atoms with Gasteiger partial charge in [-0.1, -0.05) is 6.07 Å². The molecule has 1 aromatic rings. The lowest BCUT2D eigenvalue weighted by atomic mass is 10.3. The van der Waals surface area contributed by atoms with E-state index in [2.05, 4.69) is 15.4 Å². The van der Waals surface area contributed by atoms with Crippen LogP contribution in [0.15, 0.2) is 24.3 Å². The number of halogens is 2. The molecule has 1 aromatic carbocycles. The molecule has 1 amide bonds. The van der Waals surface area contributed by atoms with Crippen molar-refractivity contribution >= 4 is 11.6 Å². The van der Waals surface area contributed by atoms with Crippen LogP contribution in [0, 0.1) is 0 Å². The third kappa shape index (κ3) is 4.22. The number of hydrogen-bond acceptors (Lipinski definition) is 3. The van der Waals surface area contributed by atoms with Gasteiger partial charge in [-0.15, -0.1) is 0 Å². The first-order valence-electron chi connectivity index (χ1n) is 4.61. The van der Waals surface area contributed by atoms with Crippen LogP contribution in [0.5, 0.6) is 5.75 Å². The second-order valence-corrected chi connectivity index (χ2v) is 2.98. The van der Waals surface area contributed by atoms with Gasteiger partial charge in [-0.05, 0) is 19.2 Å². The zero-order valence-electron chi connectivity index (χ0n) is 8.67. The van der Waals surface area contributed by atoms with Gasteiger partial charge in [0.2, 0.25) is 5.91 Å². The summed E-state index contributed by atoms with van der Waals surface area (Å²) in [5, 5.41) is 5.20. The highest BCUT2D eigenvalue weighted by Crippen LogP contribution is 2.18. The molecular weight excluding hydrogens is 218 g/mol. The van der Waals surface area contributed by atoms with Gasteiger partial charge in [-0.2, -0.15) is 8.78 Å². The van der Waals surface area contributed by atoms with Crippen molar-refractivity contribution in [3.63, 3.8) is 0 Å². The van der Waals surface area contributed by atoms with Gasteiger partial charge in [-0.3, -0.25) is 4.79 Å². The van der Waals surface area contributed by atoms with E-state index in [1.807, 2.05) is 0 Å². The SMILES string of the molecule is CNCC(=O)Nc1cccc(OC(F)F)c1.